The third-order valence-electron chi connectivity index (χ3n) is 2.81. The number of hydrogen-bond acceptors (Lipinski definition) is 9. The van der Waals surface area contributed by atoms with Crippen LogP contribution in [0.25, 0.3) is 0 Å². The second-order valence-corrected chi connectivity index (χ2v) is 4.31. The maximum Gasteiger partial charge on any atom is 0.287 e. The van der Waals surface area contributed by atoms with E-state index in [-0.39, 0.29) is 28.8 Å². The van der Waals surface area contributed by atoms with Gasteiger partial charge in [-0.05, 0) is 12.1 Å². The summed E-state index contributed by atoms with van der Waals surface area (Å²) in [5.74, 6) is -0.0486. The molecule has 0 aliphatic heterocycles. The Balaban J connectivity index is 1.93. The number of phenolic OH excluding ortho intramolecular Hbond substituents is 2. The lowest BCUT2D eigenvalue weighted by molar-refractivity contribution is 0.453. The van der Waals surface area contributed by atoms with Gasteiger partial charge in [0, 0.05) is 13.1 Å². The number of azo groups is 2. The molecule has 2 aromatic heterocycles. The predicted octanol–water partition coefficient (Wildman–Crippen LogP) is 2.78. The first kappa shape index (κ1) is 14.3. The van der Waals surface area contributed by atoms with Gasteiger partial charge in [0.05, 0.1) is 6.20 Å². The predicted molar refractivity (Wildman–Crippen MR) is 77.7 cm³/mol. The van der Waals surface area contributed by atoms with E-state index in [4.69, 9.17) is 0 Å². The molecule has 0 aliphatic carbocycles. The number of rotatable bonds is 4. The number of benzene rings is 1. The van der Waals surface area contributed by atoms with E-state index < -0.39 is 0 Å². The molecule has 0 unspecified atom stereocenters. The number of nitrogens with zero attached hydrogens (tertiary/aromatic N) is 8. The van der Waals surface area contributed by atoms with Crippen LogP contribution in [0.4, 0.5) is 23.1 Å². The van der Waals surface area contributed by atoms with Crippen LogP contribution in [-0.2, 0) is 7.05 Å². The summed E-state index contributed by atoms with van der Waals surface area (Å²) in [6, 6.07) is 4.33. The smallest absolute Gasteiger partial charge is 0.287 e. The van der Waals surface area contributed by atoms with Gasteiger partial charge in [-0.3, -0.25) is 5.10 Å². The van der Waals surface area contributed by atoms with Crippen LogP contribution in [-0.4, -0.2) is 35.2 Å². The zero-order valence-corrected chi connectivity index (χ0v) is 11.9. The number of H-pyrrole nitrogens is 1. The number of aromatic nitrogens is 5. The molecular formula is C12H11N9O2. The zero-order valence-electron chi connectivity index (χ0n) is 11.9. The molecule has 3 rings (SSSR count). The van der Waals surface area contributed by atoms with Crippen LogP contribution in [0.2, 0.25) is 0 Å². The molecule has 11 nitrogen and oxygen atoms in total. The summed E-state index contributed by atoms with van der Waals surface area (Å²) in [6.07, 6.45) is 2.90. The molecule has 23 heavy (non-hydrogen) atoms. The van der Waals surface area contributed by atoms with Crippen LogP contribution in [0.5, 0.6) is 11.5 Å². The van der Waals surface area contributed by atoms with Gasteiger partial charge in [-0.15, -0.1) is 25.6 Å². The molecule has 0 aliphatic rings. The standard InChI is InChI=1S/C12H11N9O2/c1-21-9(4-5-15-21)17-18-10-8(22)3-2-7(11(10)23)16-20-12-13-6-14-19-12/h2-6,22-23H,1H3,(H,13,14,19)/b18-17+,20-16+. The molecule has 0 bridgehead atoms. The molecule has 0 fully saturated rings. The molecule has 0 saturated carbocycles. The summed E-state index contributed by atoms with van der Waals surface area (Å²) in [5, 5.41) is 45.4. The molecule has 0 saturated heterocycles. The Morgan fingerprint density at radius 1 is 1.09 bits per heavy atom. The number of aromatic amines is 1. The summed E-state index contributed by atoms with van der Waals surface area (Å²) in [7, 11) is 1.69. The zero-order chi connectivity index (χ0) is 16.2. The van der Waals surface area contributed by atoms with Gasteiger partial charge in [0.2, 0.25) is 0 Å². The van der Waals surface area contributed by atoms with E-state index in [0.717, 1.165) is 0 Å². The number of hydrogen-bond donors (Lipinski definition) is 3. The fourth-order valence-corrected chi connectivity index (χ4v) is 1.65. The van der Waals surface area contributed by atoms with Crippen LogP contribution >= 0.6 is 0 Å². The lowest BCUT2D eigenvalue weighted by Crippen LogP contribution is -1.86. The van der Waals surface area contributed by atoms with Crippen molar-refractivity contribution in [2.75, 3.05) is 0 Å². The second-order valence-electron chi connectivity index (χ2n) is 4.31. The largest absolute Gasteiger partial charge is 0.505 e. The van der Waals surface area contributed by atoms with Crippen molar-refractivity contribution in [2.45, 2.75) is 0 Å². The molecule has 11 heteroatoms. The molecule has 0 radical (unpaired) electrons. The highest BCUT2D eigenvalue weighted by Gasteiger charge is 2.12. The van der Waals surface area contributed by atoms with E-state index in [2.05, 4.69) is 40.7 Å². The van der Waals surface area contributed by atoms with Crippen molar-refractivity contribution in [2.24, 2.45) is 27.5 Å². The minimum atomic E-state index is -0.366. The van der Waals surface area contributed by atoms with Gasteiger partial charge in [0.25, 0.3) is 5.95 Å². The first-order valence-electron chi connectivity index (χ1n) is 6.37. The van der Waals surface area contributed by atoms with Gasteiger partial charge in [-0.1, -0.05) is 0 Å². The minimum Gasteiger partial charge on any atom is -0.505 e. The molecule has 0 amide bonds. The molecule has 2 heterocycles. The van der Waals surface area contributed by atoms with Crippen molar-refractivity contribution >= 4 is 23.1 Å². The van der Waals surface area contributed by atoms with E-state index in [1.807, 2.05) is 0 Å². The van der Waals surface area contributed by atoms with E-state index in [0.29, 0.717) is 5.82 Å². The molecule has 116 valence electrons. The second kappa shape index (κ2) is 6.01. The topological polar surface area (TPSA) is 149 Å². The Morgan fingerprint density at radius 3 is 2.65 bits per heavy atom. The molecule has 3 N–H and O–H groups in total. The van der Waals surface area contributed by atoms with E-state index in [1.54, 1.807) is 19.3 Å². The van der Waals surface area contributed by atoms with Crippen LogP contribution in [0.3, 0.4) is 0 Å². The van der Waals surface area contributed by atoms with Gasteiger partial charge in [-0.25, -0.2) is 4.68 Å². The molecule has 1 aromatic carbocycles. The Kier molecular flexibility index (Phi) is 3.74. The van der Waals surface area contributed by atoms with Gasteiger partial charge in [0.15, 0.2) is 17.3 Å². The Morgan fingerprint density at radius 2 is 1.96 bits per heavy atom. The summed E-state index contributed by atoms with van der Waals surface area (Å²) >= 11 is 0. The van der Waals surface area contributed by atoms with Crippen molar-refractivity contribution in [3.63, 3.8) is 0 Å². The number of aryl methyl sites for hydroxylation is 1. The van der Waals surface area contributed by atoms with Crippen LogP contribution < -0.4 is 0 Å². The van der Waals surface area contributed by atoms with Gasteiger partial charge >= 0.3 is 0 Å². The van der Waals surface area contributed by atoms with Crippen molar-refractivity contribution < 1.29 is 10.2 Å². The maximum absolute atomic E-state index is 10.2. The third-order valence-corrected chi connectivity index (χ3v) is 2.81. The first-order chi connectivity index (χ1) is 11.1. The highest BCUT2D eigenvalue weighted by molar-refractivity contribution is 5.71. The fraction of sp³-hybridized carbons (Fsp3) is 0.0833. The van der Waals surface area contributed by atoms with E-state index in [9.17, 15) is 10.2 Å². The Labute approximate surface area is 129 Å². The number of phenols is 2. The lowest BCUT2D eigenvalue weighted by Gasteiger charge is -2.03. The highest BCUT2D eigenvalue weighted by atomic mass is 16.3. The quantitative estimate of drug-likeness (QED) is 0.633. The lowest BCUT2D eigenvalue weighted by atomic mass is 10.2. The average molecular weight is 313 g/mol. The SMILES string of the molecule is Cn1nccc1/N=N/c1c(O)ccc(/N=N/c2nc[nH]n2)c1O. The normalized spacial score (nSPS) is 11.7. The van der Waals surface area contributed by atoms with E-state index in [1.165, 1.54) is 23.1 Å². The number of aromatic hydroxyl groups is 2. The highest BCUT2D eigenvalue weighted by Crippen LogP contribution is 2.43. The van der Waals surface area contributed by atoms with Crippen LogP contribution in [0.1, 0.15) is 0 Å². The Bertz CT molecular complexity index is 867. The van der Waals surface area contributed by atoms with Crippen molar-refractivity contribution in [3.8, 4) is 11.5 Å². The summed E-state index contributed by atoms with van der Waals surface area (Å²) in [5.41, 5.74) is -0.0378. The monoisotopic (exact) mass is 313 g/mol. The van der Waals surface area contributed by atoms with Crippen molar-refractivity contribution in [3.05, 3.63) is 30.7 Å². The minimum absolute atomic E-state index is 0.0894. The maximum atomic E-state index is 10.2. The van der Waals surface area contributed by atoms with Crippen LogP contribution in [0, 0.1) is 0 Å². The van der Waals surface area contributed by atoms with Gasteiger partial charge < -0.3 is 10.2 Å². The fourth-order valence-electron chi connectivity index (χ4n) is 1.65. The summed E-state index contributed by atoms with van der Waals surface area (Å²) in [6.45, 7) is 0. The third kappa shape index (κ3) is 3.02. The molecule has 0 spiro atoms. The summed E-state index contributed by atoms with van der Waals surface area (Å²) < 4.78 is 1.49. The molecular weight excluding hydrogens is 302 g/mol. The Hall–Kier alpha value is -3.63. The van der Waals surface area contributed by atoms with Crippen molar-refractivity contribution in [1.29, 1.82) is 0 Å². The molecule has 0 atom stereocenters. The van der Waals surface area contributed by atoms with Gasteiger partial charge in [-0.2, -0.15) is 10.1 Å². The van der Waals surface area contributed by atoms with E-state index >= 15 is 0 Å². The summed E-state index contributed by atoms with van der Waals surface area (Å²) in [4.78, 5) is 3.77. The van der Waals surface area contributed by atoms with Crippen molar-refractivity contribution in [1.82, 2.24) is 25.0 Å². The van der Waals surface area contributed by atoms with Crippen LogP contribution in [0.15, 0.2) is 51.2 Å². The molecule has 3 aromatic rings. The van der Waals surface area contributed by atoms with Gasteiger partial charge in [0.1, 0.15) is 17.8 Å². The first-order valence-corrected chi connectivity index (χ1v) is 6.37. The average Bonchev–Trinajstić information content (AvgIpc) is 3.18. The number of nitrogens with one attached hydrogen (secondary N) is 1.